The molecule has 0 radical (unpaired) electrons. The minimum Gasteiger partial charge on any atom is -0.464 e. The van der Waals surface area contributed by atoms with Crippen molar-refractivity contribution in [1.82, 2.24) is 0 Å². The highest BCUT2D eigenvalue weighted by Crippen LogP contribution is 2.28. The second-order valence-corrected chi connectivity index (χ2v) is 4.21. The van der Waals surface area contributed by atoms with Crippen LogP contribution in [0.1, 0.15) is 18.5 Å². The van der Waals surface area contributed by atoms with Crippen molar-refractivity contribution in [3.8, 4) is 5.75 Å². The molecular weight excluding hydrogens is 349 g/mol. The van der Waals surface area contributed by atoms with Crippen LogP contribution in [0.2, 0.25) is 0 Å². The van der Waals surface area contributed by atoms with Gasteiger partial charge < -0.3 is 15.2 Å². The van der Waals surface area contributed by atoms with E-state index in [0.717, 1.165) is 24.3 Å². The predicted molar refractivity (Wildman–Crippen MR) is 73.7 cm³/mol. The number of carbonyl (C=O) groups is 1. The molecule has 0 saturated heterocycles. The lowest BCUT2D eigenvalue weighted by Crippen LogP contribution is -2.33. The molecule has 0 amide bonds. The molecule has 0 heterocycles. The summed E-state index contributed by atoms with van der Waals surface area (Å²) >= 11 is 0. The number of benzene rings is 1. The molecule has 1 aromatic rings. The van der Waals surface area contributed by atoms with Gasteiger partial charge in [-0.15, -0.1) is 12.4 Å². The highest BCUT2D eigenvalue weighted by molar-refractivity contribution is 5.85. The van der Waals surface area contributed by atoms with Crippen molar-refractivity contribution >= 4 is 18.4 Å². The number of halogens is 6. The number of nitrogens with two attached hydrogens (primary N) is 1. The Kier molecular flexibility index (Phi) is 8.25. The molecule has 0 aromatic heterocycles. The molecule has 0 aliphatic carbocycles. The van der Waals surface area contributed by atoms with Gasteiger partial charge in [-0.25, -0.2) is 9.18 Å². The number of hydrogen-bond donors (Lipinski definition) is 1. The highest BCUT2D eigenvalue weighted by atomic mass is 35.5. The van der Waals surface area contributed by atoms with E-state index in [1.807, 2.05) is 0 Å². The number of carbonyl (C=O) groups excluding carboxylic acids is 1. The van der Waals surface area contributed by atoms with Gasteiger partial charge in [0.15, 0.2) is 0 Å². The lowest BCUT2D eigenvalue weighted by atomic mass is 10.0. The van der Waals surface area contributed by atoms with Crippen LogP contribution in [0.5, 0.6) is 5.75 Å². The monoisotopic (exact) mass is 363 g/mol. The maximum Gasteiger partial charge on any atom is 0.461 e. The molecule has 0 aliphatic rings. The zero-order valence-electron chi connectivity index (χ0n) is 11.8. The number of hydrogen-bond acceptors (Lipinski definition) is 4. The molecule has 2 N–H and O–H groups in total. The Balaban J connectivity index is 0.00000484. The van der Waals surface area contributed by atoms with E-state index in [-0.39, 0.29) is 24.6 Å². The molecule has 0 fully saturated rings. The van der Waals surface area contributed by atoms with Gasteiger partial charge in [0.05, 0.1) is 12.6 Å². The lowest BCUT2D eigenvalue weighted by Gasteiger charge is -2.18. The van der Waals surface area contributed by atoms with E-state index < -0.39 is 36.5 Å². The first kappa shape index (κ1) is 21.4. The van der Waals surface area contributed by atoms with Crippen LogP contribution in [0.25, 0.3) is 0 Å². The third-order valence-corrected chi connectivity index (χ3v) is 2.60. The molecule has 2 atom stereocenters. The van der Waals surface area contributed by atoms with E-state index in [0.29, 0.717) is 0 Å². The van der Waals surface area contributed by atoms with Crippen LogP contribution in [0, 0.1) is 0 Å². The third-order valence-electron chi connectivity index (χ3n) is 2.60. The van der Waals surface area contributed by atoms with Crippen molar-refractivity contribution in [2.75, 3.05) is 6.61 Å². The summed E-state index contributed by atoms with van der Waals surface area (Å²) in [7, 11) is 0. The molecule has 1 aromatic carbocycles. The normalized spacial score (nSPS) is 13.9. The fourth-order valence-electron chi connectivity index (χ4n) is 1.50. The van der Waals surface area contributed by atoms with E-state index in [4.69, 9.17) is 5.73 Å². The first-order chi connectivity index (χ1) is 10.2. The van der Waals surface area contributed by atoms with E-state index in [9.17, 15) is 26.7 Å². The molecule has 132 valence electrons. The van der Waals surface area contributed by atoms with Crippen molar-refractivity contribution in [3.63, 3.8) is 0 Å². The van der Waals surface area contributed by atoms with Gasteiger partial charge in [-0.1, -0.05) is 12.1 Å². The zero-order chi connectivity index (χ0) is 16.9. The lowest BCUT2D eigenvalue weighted by molar-refractivity contribution is -0.253. The molecule has 0 spiro atoms. The quantitative estimate of drug-likeness (QED) is 0.597. The fraction of sp³-hybridized carbons (Fsp3) is 0.462. The largest absolute Gasteiger partial charge is 0.464 e. The SMILES string of the molecule is CCOC(=O)C(F)[C@H](N)c1ccc(OC(F)(F)C(F)F)cc1.Cl. The van der Waals surface area contributed by atoms with Crippen molar-refractivity contribution in [1.29, 1.82) is 0 Å². The first-order valence-electron chi connectivity index (χ1n) is 6.20. The average Bonchev–Trinajstić information content (AvgIpc) is 2.46. The van der Waals surface area contributed by atoms with Crippen molar-refractivity contribution in [2.45, 2.75) is 31.7 Å². The summed E-state index contributed by atoms with van der Waals surface area (Å²) in [5, 5.41) is 0. The Morgan fingerprint density at radius 3 is 2.17 bits per heavy atom. The molecule has 10 heteroatoms. The Hall–Kier alpha value is -1.61. The summed E-state index contributed by atoms with van der Waals surface area (Å²) in [6.45, 7) is 1.47. The summed E-state index contributed by atoms with van der Waals surface area (Å²) in [5.41, 5.74) is 5.60. The van der Waals surface area contributed by atoms with Crippen molar-refractivity contribution in [2.24, 2.45) is 5.73 Å². The summed E-state index contributed by atoms with van der Waals surface area (Å²) in [6.07, 6.45) is -10.8. The number of rotatable bonds is 7. The van der Waals surface area contributed by atoms with Crippen LogP contribution in [-0.4, -0.2) is 31.3 Å². The van der Waals surface area contributed by atoms with Gasteiger partial charge in [0.1, 0.15) is 5.75 Å². The van der Waals surface area contributed by atoms with Crippen LogP contribution in [0.4, 0.5) is 22.0 Å². The predicted octanol–water partition coefficient (Wildman–Crippen LogP) is 3.25. The molecule has 0 bridgehead atoms. The Labute approximate surface area is 135 Å². The topological polar surface area (TPSA) is 61.5 Å². The molecule has 23 heavy (non-hydrogen) atoms. The van der Waals surface area contributed by atoms with Gasteiger partial charge in [0, 0.05) is 0 Å². The van der Waals surface area contributed by atoms with E-state index in [2.05, 4.69) is 9.47 Å². The number of ether oxygens (including phenoxy) is 2. The standard InChI is InChI=1S/C13H14F5NO3.ClH/c1-2-21-11(20)9(14)10(19)7-3-5-8(6-4-7)22-13(17,18)12(15)16;/h3-6,9-10,12H,2,19H2,1H3;1H/t9?,10-;/m1./s1. The van der Waals surface area contributed by atoms with Crippen molar-refractivity contribution < 1.29 is 36.2 Å². The van der Waals surface area contributed by atoms with Crippen LogP contribution in [-0.2, 0) is 9.53 Å². The molecule has 0 saturated carbocycles. The van der Waals surface area contributed by atoms with Gasteiger partial charge in [0.25, 0.3) is 0 Å². The van der Waals surface area contributed by atoms with Gasteiger partial charge in [-0.3, -0.25) is 0 Å². The highest BCUT2D eigenvalue weighted by Gasteiger charge is 2.44. The van der Waals surface area contributed by atoms with E-state index >= 15 is 0 Å². The van der Waals surface area contributed by atoms with Crippen LogP contribution < -0.4 is 10.5 Å². The van der Waals surface area contributed by atoms with Crippen LogP contribution in [0.3, 0.4) is 0 Å². The second kappa shape index (κ2) is 8.88. The maximum absolute atomic E-state index is 13.7. The second-order valence-electron chi connectivity index (χ2n) is 4.21. The average molecular weight is 364 g/mol. The first-order valence-corrected chi connectivity index (χ1v) is 6.20. The minimum atomic E-state index is -4.64. The Bertz CT molecular complexity index is 501. The Morgan fingerprint density at radius 1 is 1.22 bits per heavy atom. The van der Waals surface area contributed by atoms with Gasteiger partial charge >= 0.3 is 18.5 Å². The minimum absolute atomic E-state index is 0. The van der Waals surface area contributed by atoms with Crippen LogP contribution >= 0.6 is 12.4 Å². The summed E-state index contributed by atoms with van der Waals surface area (Å²) in [5.74, 6) is -1.70. The molecule has 1 unspecified atom stereocenters. The van der Waals surface area contributed by atoms with Crippen molar-refractivity contribution in [3.05, 3.63) is 29.8 Å². The molecule has 1 rings (SSSR count). The van der Waals surface area contributed by atoms with E-state index in [1.165, 1.54) is 6.92 Å². The number of alkyl halides is 5. The Morgan fingerprint density at radius 2 is 1.74 bits per heavy atom. The van der Waals surface area contributed by atoms with E-state index in [1.54, 1.807) is 0 Å². The maximum atomic E-state index is 13.7. The number of esters is 1. The molecule has 0 aliphatic heterocycles. The fourth-order valence-corrected chi connectivity index (χ4v) is 1.50. The summed E-state index contributed by atoms with van der Waals surface area (Å²) < 4.78 is 71.3. The van der Waals surface area contributed by atoms with Gasteiger partial charge in [-0.05, 0) is 24.6 Å². The zero-order valence-corrected chi connectivity index (χ0v) is 12.7. The summed E-state index contributed by atoms with van der Waals surface area (Å²) in [4.78, 5) is 11.2. The third kappa shape index (κ3) is 5.83. The molecule has 4 nitrogen and oxygen atoms in total. The molecular formula is C13H15ClF5NO3. The van der Waals surface area contributed by atoms with Gasteiger partial charge in [-0.2, -0.15) is 17.6 Å². The smallest absolute Gasteiger partial charge is 0.461 e. The van der Waals surface area contributed by atoms with Gasteiger partial charge in [0.2, 0.25) is 6.17 Å². The van der Waals surface area contributed by atoms with Crippen LogP contribution in [0.15, 0.2) is 24.3 Å². The summed E-state index contributed by atoms with van der Waals surface area (Å²) in [6, 6.07) is 2.64.